The lowest BCUT2D eigenvalue weighted by atomic mass is 10.0. The first-order chi connectivity index (χ1) is 13.8. The summed E-state index contributed by atoms with van der Waals surface area (Å²) in [6.07, 6.45) is 5.19. The molecule has 6 nitrogen and oxygen atoms in total. The molecule has 28 heavy (non-hydrogen) atoms. The summed E-state index contributed by atoms with van der Waals surface area (Å²) >= 11 is 0. The molecule has 2 aromatic heterocycles. The Kier molecular flexibility index (Phi) is 4.64. The van der Waals surface area contributed by atoms with E-state index in [9.17, 15) is 0 Å². The van der Waals surface area contributed by atoms with Crippen LogP contribution < -0.4 is 9.47 Å². The zero-order chi connectivity index (χ0) is 18.9. The molecule has 146 valence electrons. The number of ether oxygens (including phenoxy) is 2. The number of para-hydroxylation sites is 2. The zero-order valence-corrected chi connectivity index (χ0v) is 16.3. The third-order valence-electron chi connectivity index (χ3n) is 5.71. The number of nitrogens with zero attached hydrogens (tertiary/aromatic N) is 4. The average molecular weight is 378 g/mol. The number of aromatic nitrogens is 3. The predicted molar refractivity (Wildman–Crippen MR) is 108 cm³/mol. The molecule has 0 unspecified atom stereocenters. The fourth-order valence-electron chi connectivity index (χ4n) is 4.46. The molecule has 1 saturated heterocycles. The van der Waals surface area contributed by atoms with Gasteiger partial charge in [-0.2, -0.15) is 0 Å². The van der Waals surface area contributed by atoms with Crippen LogP contribution in [-0.2, 0) is 6.42 Å². The van der Waals surface area contributed by atoms with Gasteiger partial charge in [0, 0.05) is 31.7 Å². The highest BCUT2D eigenvalue weighted by Gasteiger charge is 2.29. The number of imidazole rings is 1. The van der Waals surface area contributed by atoms with Gasteiger partial charge >= 0.3 is 0 Å². The maximum Gasteiger partial charge on any atom is 0.161 e. The Bertz CT molecular complexity index is 970. The van der Waals surface area contributed by atoms with Crippen molar-refractivity contribution in [1.82, 2.24) is 19.4 Å². The van der Waals surface area contributed by atoms with Gasteiger partial charge in [0.2, 0.25) is 0 Å². The van der Waals surface area contributed by atoms with E-state index in [-0.39, 0.29) is 6.10 Å². The fraction of sp³-hybridized carbons (Fsp3) is 0.455. The van der Waals surface area contributed by atoms with Gasteiger partial charge in [0.25, 0.3) is 0 Å². The number of hydrogen-bond donors (Lipinski definition) is 0. The van der Waals surface area contributed by atoms with E-state index in [4.69, 9.17) is 14.5 Å². The van der Waals surface area contributed by atoms with E-state index in [1.165, 1.54) is 6.42 Å². The molecule has 0 spiro atoms. The van der Waals surface area contributed by atoms with Crippen LogP contribution in [-0.4, -0.2) is 51.8 Å². The van der Waals surface area contributed by atoms with E-state index in [0.717, 1.165) is 61.0 Å². The highest BCUT2D eigenvalue weighted by Crippen LogP contribution is 2.32. The van der Waals surface area contributed by atoms with Gasteiger partial charge in [0.15, 0.2) is 17.1 Å². The first-order valence-corrected chi connectivity index (χ1v) is 10.2. The molecule has 3 aromatic rings. The van der Waals surface area contributed by atoms with Gasteiger partial charge in [-0.15, -0.1) is 0 Å². The van der Waals surface area contributed by atoms with Crippen molar-refractivity contribution >= 4 is 11.2 Å². The lowest BCUT2D eigenvalue weighted by molar-refractivity contribution is 0.0462. The van der Waals surface area contributed by atoms with Crippen LogP contribution in [0.5, 0.6) is 11.5 Å². The van der Waals surface area contributed by atoms with Crippen molar-refractivity contribution in [1.29, 1.82) is 0 Å². The largest absolute Gasteiger partial charge is 0.486 e. The van der Waals surface area contributed by atoms with Crippen LogP contribution in [0.2, 0.25) is 0 Å². The van der Waals surface area contributed by atoms with E-state index in [2.05, 4.69) is 27.4 Å². The maximum atomic E-state index is 6.18. The number of likely N-dealkylation sites (tertiary alicyclic amines) is 1. The lowest BCUT2D eigenvalue weighted by Crippen LogP contribution is -2.45. The van der Waals surface area contributed by atoms with Crippen LogP contribution in [0.3, 0.4) is 0 Å². The van der Waals surface area contributed by atoms with Crippen molar-refractivity contribution in [2.75, 3.05) is 26.2 Å². The summed E-state index contributed by atoms with van der Waals surface area (Å²) in [7, 11) is 0. The molecule has 4 heterocycles. The summed E-state index contributed by atoms with van der Waals surface area (Å²) in [5.41, 5.74) is 2.01. The van der Waals surface area contributed by atoms with Gasteiger partial charge in [-0.25, -0.2) is 9.97 Å². The standard InChI is InChI=1S/C22H26N4O2/c1-2-21-24-18-8-5-11-23-22(18)26(21)16-7-6-12-25(13-16)14-17-15-27-19-9-3-4-10-20(19)28-17/h3-5,8-11,16-17H,2,6-7,12-15H2,1H3/t16-,17-/m0/s1. The van der Waals surface area contributed by atoms with Crippen LogP contribution in [0.25, 0.3) is 11.2 Å². The third kappa shape index (κ3) is 3.22. The molecule has 1 fully saturated rings. The summed E-state index contributed by atoms with van der Waals surface area (Å²) < 4.78 is 14.4. The van der Waals surface area contributed by atoms with E-state index in [0.29, 0.717) is 12.6 Å². The van der Waals surface area contributed by atoms with Crippen LogP contribution in [0.1, 0.15) is 31.6 Å². The number of fused-ring (bicyclic) bond motifs is 2. The summed E-state index contributed by atoms with van der Waals surface area (Å²) in [6, 6.07) is 12.3. The number of rotatable bonds is 4. The topological polar surface area (TPSA) is 52.4 Å². The lowest BCUT2D eigenvalue weighted by Gasteiger charge is -2.37. The first kappa shape index (κ1) is 17.5. The molecule has 2 aliphatic rings. The molecule has 1 aromatic carbocycles. The second kappa shape index (κ2) is 7.43. The normalized spacial score (nSPS) is 22.5. The second-order valence-electron chi connectivity index (χ2n) is 7.65. The van der Waals surface area contributed by atoms with Crippen molar-refractivity contribution in [3.8, 4) is 11.5 Å². The summed E-state index contributed by atoms with van der Waals surface area (Å²) in [4.78, 5) is 11.9. The van der Waals surface area contributed by atoms with Crippen LogP contribution >= 0.6 is 0 Å². The molecular weight excluding hydrogens is 352 g/mol. The SMILES string of the molecule is CCc1nc2cccnc2n1[C@H]1CCCN(C[C@H]2COc3ccccc3O2)C1. The van der Waals surface area contributed by atoms with Crippen molar-refractivity contribution in [2.24, 2.45) is 0 Å². The monoisotopic (exact) mass is 378 g/mol. The second-order valence-corrected chi connectivity index (χ2v) is 7.65. The maximum absolute atomic E-state index is 6.18. The highest BCUT2D eigenvalue weighted by molar-refractivity contribution is 5.71. The first-order valence-electron chi connectivity index (χ1n) is 10.2. The molecule has 0 saturated carbocycles. The molecule has 0 amide bonds. The Morgan fingerprint density at radius 3 is 2.93 bits per heavy atom. The Hall–Kier alpha value is -2.60. The number of aryl methyl sites for hydroxylation is 1. The number of hydrogen-bond acceptors (Lipinski definition) is 5. The minimum atomic E-state index is 0.0666. The highest BCUT2D eigenvalue weighted by atomic mass is 16.6. The molecular formula is C22H26N4O2. The van der Waals surface area contributed by atoms with Crippen molar-refractivity contribution in [3.63, 3.8) is 0 Å². The zero-order valence-electron chi connectivity index (χ0n) is 16.3. The van der Waals surface area contributed by atoms with Crippen molar-refractivity contribution in [3.05, 3.63) is 48.4 Å². The summed E-state index contributed by atoms with van der Waals surface area (Å²) in [6.45, 7) is 5.75. The number of piperidine rings is 1. The smallest absolute Gasteiger partial charge is 0.161 e. The van der Waals surface area contributed by atoms with Gasteiger partial charge in [-0.1, -0.05) is 19.1 Å². The average Bonchev–Trinajstić information content (AvgIpc) is 3.12. The van der Waals surface area contributed by atoms with Crippen molar-refractivity contribution in [2.45, 2.75) is 38.3 Å². The Morgan fingerprint density at radius 2 is 2.04 bits per heavy atom. The summed E-state index contributed by atoms with van der Waals surface area (Å²) in [5, 5.41) is 0. The van der Waals surface area contributed by atoms with E-state index < -0.39 is 0 Å². The quantitative estimate of drug-likeness (QED) is 0.696. The summed E-state index contributed by atoms with van der Waals surface area (Å²) in [5.74, 6) is 2.83. The van der Waals surface area contributed by atoms with E-state index >= 15 is 0 Å². The number of pyridine rings is 1. The molecule has 0 N–H and O–H groups in total. The molecule has 5 rings (SSSR count). The minimum Gasteiger partial charge on any atom is -0.486 e. The molecule has 0 aliphatic carbocycles. The van der Waals surface area contributed by atoms with E-state index in [1.54, 1.807) is 0 Å². The Labute approximate surface area is 165 Å². The van der Waals surface area contributed by atoms with Gasteiger partial charge in [-0.05, 0) is 43.7 Å². The predicted octanol–water partition coefficient (Wildman–Crippen LogP) is 3.47. The van der Waals surface area contributed by atoms with Crippen molar-refractivity contribution < 1.29 is 9.47 Å². The van der Waals surface area contributed by atoms with Gasteiger partial charge in [-0.3, -0.25) is 4.90 Å². The fourth-order valence-corrected chi connectivity index (χ4v) is 4.46. The van der Waals surface area contributed by atoms with Gasteiger partial charge < -0.3 is 14.0 Å². The van der Waals surface area contributed by atoms with Crippen LogP contribution in [0.15, 0.2) is 42.6 Å². The Balaban J connectivity index is 1.32. The van der Waals surface area contributed by atoms with Crippen LogP contribution in [0.4, 0.5) is 0 Å². The van der Waals surface area contributed by atoms with Gasteiger partial charge in [0.1, 0.15) is 24.1 Å². The molecule has 6 heteroatoms. The molecule has 0 bridgehead atoms. The molecule has 2 aliphatic heterocycles. The van der Waals surface area contributed by atoms with E-state index in [1.807, 2.05) is 36.5 Å². The number of benzene rings is 1. The van der Waals surface area contributed by atoms with Gasteiger partial charge in [0.05, 0.1) is 0 Å². The minimum absolute atomic E-state index is 0.0666. The molecule has 2 atom stereocenters. The Morgan fingerprint density at radius 1 is 1.14 bits per heavy atom. The third-order valence-corrected chi connectivity index (χ3v) is 5.71. The molecule has 0 radical (unpaired) electrons. The van der Waals surface area contributed by atoms with Crippen LogP contribution in [0, 0.1) is 0 Å².